The Hall–Kier alpha value is -4.19. The zero-order chi connectivity index (χ0) is 21.2. The van der Waals surface area contributed by atoms with Gasteiger partial charge in [0.1, 0.15) is 6.04 Å². The van der Waals surface area contributed by atoms with Crippen LogP contribution in [-0.2, 0) is 0 Å². The molecule has 0 saturated carbocycles. The topological polar surface area (TPSA) is 71.8 Å². The standard InChI is InChI=1S/C25H21N5O/c1-17-12-14-18(15-13-17)21-16-22(19-8-4-2-5-9-19)30-25(26-21)28-24(29-30)27-23(31)20-10-6-3-7-11-20/h2-16,22H,1H3,(H2,26,27,28,29,31)/t22-/m1/s1. The van der Waals surface area contributed by atoms with Gasteiger partial charge in [-0.3, -0.25) is 10.1 Å². The van der Waals surface area contributed by atoms with E-state index in [2.05, 4.69) is 70.1 Å². The molecule has 3 aromatic carbocycles. The van der Waals surface area contributed by atoms with E-state index in [4.69, 9.17) is 0 Å². The van der Waals surface area contributed by atoms with Crippen LogP contribution in [0, 0.1) is 6.92 Å². The molecule has 1 aliphatic rings. The van der Waals surface area contributed by atoms with E-state index in [1.807, 2.05) is 36.4 Å². The van der Waals surface area contributed by atoms with E-state index < -0.39 is 0 Å². The van der Waals surface area contributed by atoms with E-state index in [-0.39, 0.29) is 17.9 Å². The highest BCUT2D eigenvalue weighted by Crippen LogP contribution is 2.33. The Morgan fingerprint density at radius 1 is 0.935 bits per heavy atom. The Bertz CT molecular complexity index is 1240. The third kappa shape index (κ3) is 3.83. The molecule has 152 valence electrons. The fraction of sp³-hybridized carbons (Fsp3) is 0.0800. The van der Waals surface area contributed by atoms with Crippen molar-refractivity contribution < 1.29 is 4.79 Å². The Labute approximate surface area is 180 Å². The summed E-state index contributed by atoms with van der Waals surface area (Å²) in [6.07, 6.45) is 2.13. The smallest absolute Gasteiger partial charge is 0.258 e. The lowest BCUT2D eigenvalue weighted by molar-refractivity contribution is 0.102. The molecule has 31 heavy (non-hydrogen) atoms. The number of carbonyl (C=O) groups excluding carboxylic acids is 1. The first-order valence-corrected chi connectivity index (χ1v) is 10.1. The number of hydrogen-bond donors (Lipinski definition) is 2. The molecular weight excluding hydrogens is 386 g/mol. The van der Waals surface area contributed by atoms with Gasteiger partial charge in [0.05, 0.1) is 0 Å². The molecule has 2 N–H and O–H groups in total. The molecule has 0 spiro atoms. The summed E-state index contributed by atoms with van der Waals surface area (Å²) in [6, 6.07) is 27.3. The van der Waals surface area contributed by atoms with Crippen molar-refractivity contribution in [3.05, 3.63) is 113 Å². The highest BCUT2D eigenvalue weighted by molar-refractivity contribution is 6.03. The number of amides is 1. The number of benzene rings is 3. The highest BCUT2D eigenvalue weighted by Gasteiger charge is 2.25. The number of nitrogens with one attached hydrogen (secondary N) is 2. The van der Waals surface area contributed by atoms with Gasteiger partial charge in [-0.05, 0) is 36.3 Å². The molecule has 6 nitrogen and oxygen atoms in total. The summed E-state index contributed by atoms with van der Waals surface area (Å²) in [4.78, 5) is 17.1. The molecule has 6 heteroatoms. The van der Waals surface area contributed by atoms with Crippen molar-refractivity contribution in [2.24, 2.45) is 0 Å². The van der Waals surface area contributed by atoms with Crippen LogP contribution in [-0.4, -0.2) is 20.7 Å². The third-order valence-corrected chi connectivity index (χ3v) is 5.23. The quantitative estimate of drug-likeness (QED) is 0.505. The molecule has 0 bridgehead atoms. The second kappa shape index (κ2) is 7.91. The first-order valence-electron chi connectivity index (χ1n) is 10.1. The van der Waals surface area contributed by atoms with Crippen LogP contribution in [0.5, 0.6) is 0 Å². The number of allylic oxidation sites excluding steroid dienone is 1. The van der Waals surface area contributed by atoms with Crippen LogP contribution in [0.15, 0.2) is 91.0 Å². The van der Waals surface area contributed by atoms with Crippen molar-refractivity contribution in [3.63, 3.8) is 0 Å². The molecule has 0 fully saturated rings. The van der Waals surface area contributed by atoms with Crippen LogP contribution in [0.4, 0.5) is 11.9 Å². The van der Waals surface area contributed by atoms with Crippen LogP contribution < -0.4 is 10.6 Å². The van der Waals surface area contributed by atoms with Crippen molar-refractivity contribution in [1.29, 1.82) is 0 Å². The van der Waals surface area contributed by atoms with Gasteiger partial charge in [-0.1, -0.05) is 78.4 Å². The van der Waals surface area contributed by atoms with Gasteiger partial charge in [-0.25, -0.2) is 4.68 Å². The summed E-state index contributed by atoms with van der Waals surface area (Å²) < 4.78 is 1.80. The zero-order valence-electron chi connectivity index (χ0n) is 17.0. The lowest BCUT2D eigenvalue weighted by atomic mass is 10.0. The van der Waals surface area contributed by atoms with Crippen molar-refractivity contribution >= 4 is 23.5 Å². The Morgan fingerprint density at radius 3 is 2.32 bits per heavy atom. The van der Waals surface area contributed by atoms with E-state index >= 15 is 0 Å². The number of fused-ring (bicyclic) bond motifs is 1. The highest BCUT2D eigenvalue weighted by atomic mass is 16.1. The number of carbonyl (C=O) groups is 1. The van der Waals surface area contributed by atoms with E-state index in [1.54, 1.807) is 16.8 Å². The Balaban J connectivity index is 1.51. The summed E-state index contributed by atoms with van der Waals surface area (Å²) in [5.41, 5.74) is 4.86. The molecule has 1 aromatic heterocycles. The molecule has 0 aliphatic carbocycles. The molecule has 0 saturated heterocycles. The molecule has 0 unspecified atom stereocenters. The largest absolute Gasteiger partial charge is 0.324 e. The molecule has 4 aromatic rings. The van der Waals surface area contributed by atoms with Gasteiger partial charge < -0.3 is 5.32 Å². The van der Waals surface area contributed by atoms with Crippen LogP contribution in [0.1, 0.15) is 33.1 Å². The Morgan fingerprint density at radius 2 is 1.61 bits per heavy atom. The Kier molecular flexibility index (Phi) is 4.80. The molecule has 0 radical (unpaired) electrons. The number of anilines is 2. The maximum absolute atomic E-state index is 12.6. The SMILES string of the molecule is Cc1ccc(C2=C[C@H](c3ccccc3)n3nc(NC(=O)c4ccccc4)nc3N2)cc1. The zero-order valence-corrected chi connectivity index (χ0v) is 17.0. The summed E-state index contributed by atoms with van der Waals surface area (Å²) in [6.45, 7) is 2.07. The fourth-order valence-electron chi connectivity index (χ4n) is 3.60. The maximum atomic E-state index is 12.6. The van der Waals surface area contributed by atoms with Crippen molar-refractivity contribution in [1.82, 2.24) is 14.8 Å². The van der Waals surface area contributed by atoms with Crippen molar-refractivity contribution in [2.75, 3.05) is 10.6 Å². The number of hydrogen-bond acceptors (Lipinski definition) is 4. The summed E-state index contributed by atoms with van der Waals surface area (Å²) in [5.74, 6) is 0.595. The van der Waals surface area contributed by atoms with Gasteiger partial charge in [0.25, 0.3) is 11.9 Å². The van der Waals surface area contributed by atoms with Crippen LogP contribution >= 0.6 is 0 Å². The van der Waals surface area contributed by atoms with E-state index in [9.17, 15) is 4.79 Å². The van der Waals surface area contributed by atoms with Gasteiger partial charge in [0.2, 0.25) is 5.95 Å². The second-order valence-electron chi connectivity index (χ2n) is 7.45. The summed E-state index contributed by atoms with van der Waals surface area (Å²) >= 11 is 0. The second-order valence-corrected chi connectivity index (χ2v) is 7.45. The van der Waals surface area contributed by atoms with E-state index in [1.165, 1.54) is 5.56 Å². The van der Waals surface area contributed by atoms with Crippen LogP contribution in [0.3, 0.4) is 0 Å². The molecule has 1 aliphatic heterocycles. The minimum Gasteiger partial charge on any atom is -0.324 e. The fourth-order valence-corrected chi connectivity index (χ4v) is 3.60. The number of aryl methyl sites for hydroxylation is 1. The number of rotatable bonds is 4. The third-order valence-electron chi connectivity index (χ3n) is 5.23. The molecule has 1 atom stereocenters. The van der Waals surface area contributed by atoms with Crippen molar-refractivity contribution in [3.8, 4) is 0 Å². The van der Waals surface area contributed by atoms with Gasteiger partial charge in [0.15, 0.2) is 0 Å². The predicted molar refractivity (Wildman–Crippen MR) is 122 cm³/mol. The lowest BCUT2D eigenvalue weighted by Gasteiger charge is -2.24. The molecule has 1 amide bonds. The van der Waals surface area contributed by atoms with Gasteiger partial charge in [-0.2, -0.15) is 4.98 Å². The normalized spacial score (nSPS) is 14.9. The van der Waals surface area contributed by atoms with Gasteiger partial charge >= 0.3 is 0 Å². The molecule has 5 rings (SSSR count). The maximum Gasteiger partial charge on any atom is 0.258 e. The monoisotopic (exact) mass is 407 g/mol. The van der Waals surface area contributed by atoms with Gasteiger partial charge in [-0.15, -0.1) is 5.10 Å². The van der Waals surface area contributed by atoms with Gasteiger partial charge in [0, 0.05) is 11.3 Å². The number of nitrogens with zero attached hydrogens (tertiary/aromatic N) is 3. The van der Waals surface area contributed by atoms with Crippen LogP contribution in [0.2, 0.25) is 0 Å². The number of aromatic nitrogens is 3. The summed E-state index contributed by atoms with van der Waals surface area (Å²) in [7, 11) is 0. The van der Waals surface area contributed by atoms with Crippen LogP contribution in [0.25, 0.3) is 5.70 Å². The first-order chi connectivity index (χ1) is 15.2. The summed E-state index contributed by atoms with van der Waals surface area (Å²) in [5, 5.41) is 10.8. The van der Waals surface area contributed by atoms with E-state index in [0.717, 1.165) is 16.8 Å². The minimum absolute atomic E-state index is 0.149. The predicted octanol–water partition coefficient (Wildman–Crippen LogP) is 4.89. The average molecular weight is 407 g/mol. The molecular formula is C25H21N5O. The average Bonchev–Trinajstić information content (AvgIpc) is 3.22. The van der Waals surface area contributed by atoms with E-state index in [0.29, 0.717) is 11.5 Å². The lowest BCUT2D eigenvalue weighted by Crippen LogP contribution is -2.20. The van der Waals surface area contributed by atoms with Crippen molar-refractivity contribution in [2.45, 2.75) is 13.0 Å². The molecule has 2 heterocycles. The minimum atomic E-state index is -0.244. The first kappa shape index (κ1) is 18.8.